The van der Waals surface area contributed by atoms with Crippen LogP contribution in [-0.4, -0.2) is 27.7 Å². The van der Waals surface area contributed by atoms with E-state index in [0.717, 1.165) is 0 Å². The molecule has 0 aliphatic rings. The molecule has 0 saturated heterocycles. The third-order valence-electron chi connectivity index (χ3n) is 3.11. The molecule has 2 heterocycles. The van der Waals surface area contributed by atoms with Gasteiger partial charge in [-0.1, -0.05) is 0 Å². The maximum atomic E-state index is 13.1. The third kappa shape index (κ3) is 3.19. The van der Waals surface area contributed by atoms with Crippen LogP contribution in [0.5, 0.6) is 0 Å². The fourth-order valence-corrected chi connectivity index (χ4v) is 2.83. The van der Waals surface area contributed by atoms with E-state index in [9.17, 15) is 14.3 Å². The number of rotatable bonds is 5. The Morgan fingerprint density at radius 2 is 2.08 bits per heavy atom. The van der Waals surface area contributed by atoms with Gasteiger partial charge in [0.15, 0.2) is 16.5 Å². The van der Waals surface area contributed by atoms with Crippen LogP contribution >= 0.6 is 11.3 Å². The number of oxazole rings is 1. The molecule has 0 spiro atoms. The Hall–Kier alpha value is -2.58. The number of nitrogens with zero attached hydrogens (tertiary/aromatic N) is 2. The summed E-state index contributed by atoms with van der Waals surface area (Å²) in [5.41, 5.74) is 1.20. The van der Waals surface area contributed by atoms with E-state index in [1.54, 1.807) is 24.4 Å². The number of halogens is 1. The van der Waals surface area contributed by atoms with Crippen molar-refractivity contribution >= 4 is 17.3 Å². The number of esters is 1. The molecule has 0 fully saturated rings. The van der Waals surface area contributed by atoms with Gasteiger partial charge in [0.05, 0.1) is 6.61 Å². The van der Waals surface area contributed by atoms with Crippen molar-refractivity contribution < 1.29 is 23.4 Å². The molecule has 3 rings (SSSR count). The van der Waals surface area contributed by atoms with Gasteiger partial charge in [-0.25, -0.2) is 19.2 Å². The summed E-state index contributed by atoms with van der Waals surface area (Å²) < 4.78 is 23.6. The quantitative estimate of drug-likeness (QED) is 0.712. The molecule has 0 bridgehead atoms. The molecule has 124 valence electrons. The lowest BCUT2D eigenvalue weighted by molar-refractivity contribution is 0.0520. The van der Waals surface area contributed by atoms with Gasteiger partial charge in [0.25, 0.3) is 0 Å². The van der Waals surface area contributed by atoms with Gasteiger partial charge in [0, 0.05) is 10.9 Å². The highest BCUT2D eigenvalue weighted by Gasteiger charge is 2.21. The number of carbonyl (C=O) groups is 1. The first-order valence-corrected chi connectivity index (χ1v) is 7.99. The SMILES string of the molecule is CCOC(=O)c1csc(-c2oc(CO)nc2-c2ccc(F)cc2)n1. The highest BCUT2D eigenvalue weighted by molar-refractivity contribution is 7.13. The number of aromatic nitrogens is 2. The Morgan fingerprint density at radius 1 is 1.33 bits per heavy atom. The molecule has 0 unspecified atom stereocenters. The second-order valence-corrected chi connectivity index (χ2v) is 5.57. The van der Waals surface area contributed by atoms with Crippen LogP contribution in [0.4, 0.5) is 4.39 Å². The van der Waals surface area contributed by atoms with Gasteiger partial charge < -0.3 is 14.3 Å². The maximum absolute atomic E-state index is 13.1. The van der Waals surface area contributed by atoms with Gasteiger partial charge in [-0.3, -0.25) is 0 Å². The normalized spacial score (nSPS) is 10.8. The first kappa shape index (κ1) is 16.3. The zero-order valence-electron chi connectivity index (χ0n) is 12.7. The van der Waals surface area contributed by atoms with Gasteiger partial charge in [0.1, 0.15) is 18.1 Å². The topological polar surface area (TPSA) is 85.5 Å². The lowest BCUT2D eigenvalue weighted by atomic mass is 10.1. The van der Waals surface area contributed by atoms with Crippen LogP contribution < -0.4 is 0 Å². The monoisotopic (exact) mass is 348 g/mol. The van der Waals surface area contributed by atoms with Gasteiger partial charge in [-0.05, 0) is 31.2 Å². The average molecular weight is 348 g/mol. The smallest absolute Gasteiger partial charge is 0.357 e. The lowest BCUT2D eigenvalue weighted by Gasteiger charge is -1.99. The second-order valence-electron chi connectivity index (χ2n) is 4.71. The van der Waals surface area contributed by atoms with Crippen molar-refractivity contribution in [2.75, 3.05) is 6.61 Å². The predicted octanol–water partition coefficient (Wildman–Crippen LogP) is 3.27. The van der Waals surface area contributed by atoms with Crippen LogP contribution in [0, 0.1) is 5.82 Å². The van der Waals surface area contributed by atoms with Crippen LogP contribution in [-0.2, 0) is 11.3 Å². The van der Waals surface area contributed by atoms with Crippen molar-refractivity contribution in [3.63, 3.8) is 0 Å². The minimum atomic E-state index is -0.523. The van der Waals surface area contributed by atoms with Crippen LogP contribution in [0.15, 0.2) is 34.1 Å². The largest absolute Gasteiger partial charge is 0.461 e. The Kier molecular flexibility index (Phi) is 4.68. The average Bonchev–Trinajstić information content (AvgIpc) is 3.22. The van der Waals surface area contributed by atoms with E-state index >= 15 is 0 Å². The van der Waals surface area contributed by atoms with E-state index in [0.29, 0.717) is 22.0 Å². The van der Waals surface area contributed by atoms with E-state index in [1.807, 2.05) is 0 Å². The number of hydrogen-bond acceptors (Lipinski definition) is 7. The molecule has 2 aromatic heterocycles. The summed E-state index contributed by atoms with van der Waals surface area (Å²) in [5.74, 6) is -0.473. The number of aliphatic hydroxyl groups excluding tert-OH is 1. The molecule has 3 aromatic rings. The zero-order valence-corrected chi connectivity index (χ0v) is 13.5. The Bertz CT molecular complexity index is 857. The van der Waals surface area contributed by atoms with Gasteiger partial charge >= 0.3 is 5.97 Å². The summed E-state index contributed by atoms with van der Waals surface area (Å²) in [5, 5.41) is 11.2. The van der Waals surface area contributed by atoms with Gasteiger partial charge in [-0.2, -0.15) is 0 Å². The van der Waals surface area contributed by atoms with Crippen LogP contribution in [0.1, 0.15) is 23.3 Å². The predicted molar refractivity (Wildman–Crippen MR) is 84.9 cm³/mol. The van der Waals surface area contributed by atoms with Crippen LogP contribution in [0.3, 0.4) is 0 Å². The molecule has 0 radical (unpaired) electrons. The minimum absolute atomic E-state index is 0.109. The number of aliphatic hydroxyl groups is 1. The molecule has 0 atom stereocenters. The molecule has 1 aromatic carbocycles. The lowest BCUT2D eigenvalue weighted by Crippen LogP contribution is -2.04. The van der Waals surface area contributed by atoms with Crippen molar-refractivity contribution in [3.05, 3.63) is 47.0 Å². The highest BCUT2D eigenvalue weighted by atomic mass is 32.1. The Labute approximate surface area is 140 Å². The number of carbonyl (C=O) groups excluding carboxylic acids is 1. The van der Waals surface area contributed by atoms with Crippen molar-refractivity contribution in [1.82, 2.24) is 9.97 Å². The molecular weight excluding hydrogens is 335 g/mol. The number of ether oxygens (including phenoxy) is 1. The van der Waals surface area contributed by atoms with E-state index in [2.05, 4.69) is 9.97 Å². The third-order valence-corrected chi connectivity index (χ3v) is 3.95. The Balaban J connectivity index is 2.03. The van der Waals surface area contributed by atoms with Gasteiger partial charge in [0.2, 0.25) is 5.89 Å². The molecule has 8 heteroatoms. The molecule has 0 aliphatic heterocycles. The molecule has 1 N–H and O–H groups in total. The number of thiazole rings is 1. The van der Waals surface area contributed by atoms with Crippen LogP contribution in [0.25, 0.3) is 22.0 Å². The van der Waals surface area contributed by atoms with Crippen LogP contribution in [0.2, 0.25) is 0 Å². The van der Waals surface area contributed by atoms with E-state index in [1.165, 1.54) is 23.5 Å². The maximum Gasteiger partial charge on any atom is 0.357 e. The first-order chi connectivity index (χ1) is 11.6. The summed E-state index contributed by atoms with van der Waals surface area (Å²) >= 11 is 1.19. The Morgan fingerprint density at radius 3 is 2.75 bits per heavy atom. The standard InChI is InChI=1S/C16H13FN2O4S/c1-2-22-16(21)11-8-24-15(18-11)14-13(19-12(7-20)23-14)9-3-5-10(17)6-4-9/h3-6,8,20H,2,7H2,1H3. The molecule has 24 heavy (non-hydrogen) atoms. The van der Waals surface area contributed by atoms with Crippen molar-refractivity contribution in [3.8, 4) is 22.0 Å². The molecular formula is C16H13FN2O4S. The molecule has 0 saturated carbocycles. The fraction of sp³-hybridized carbons (Fsp3) is 0.188. The second kappa shape index (κ2) is 6.90. The number of hydrogen-bond donors (Lipinski definition) is 1. The molecule has 0 aliphatic carbocycles. The highest BCUT2D eigenvalue weighted by Crippen LogP contribution is 2.34. The zero-order chi connectivity index (χ0) is 17.1. The fourth-order valence-electron chi connectivity index (χ4n) is 2.06. The summed E-state index contributed by atoms with van der Waals surface area (Å²) in [4.78, 5) is 20.1. The van der Waals surface area contributed by atoms with Crippen molar-refractivity contribution in [1.29, 1.82) is 0 Å². The molecule has 0 amide bonds. The summed E-state index contributed by atoms with van der Waals surface area (Å²) in [6, 6.07) is 5.71. The van der Waals surface area contributed by atoms with Crippen molar-refractivity contribution in [2.24, 2.45) is 0 Å². The number of benzene rings is 1. The molecule has 6 nitrogen and oxygen atoms in total. The van der Waals surface area contributed by atoms with E-state index in [-0.39, 0.29) is 30.6 Å². The van der Waals surface area contributed by atoms with E-state index < -0.39 is 5.97 Å². The van der Waals surface area contributed by atoms with Crippen molar-refractivity contribution in [2.45, 2.75) is 13.5 Å². The summed E-state index contributed by atoms with van der Waals surface area (Å²) in [6.07, 6.45) is 0. The minimum Gasteiger partial charge on any atom is -0.461 e. The first-order valence-electron chi connectivity index (χ1n) is 7.12. The van der Waals surface area contributed by atoms with E-state index in [4.69, 9.17) is 9.15 Å². The summed E-state index contributed by atoms with van der Waals surface area (Å²) in [6.45, 7) is 1.58. The van der Waals surface area contributed by atoms with Gasteiger partial charge in [-0.15, -0.1) is 11.3 Å². The summed E-state index contributed by atoms with van der Waals surface area (Å²) in [7, 11) is 0.